The summed E-state index contributed by atoms with van der Waals surface area (Å²) in [6.45, 7) is 0. The second-order valence-electron chi connectivity index (χ2n) is 14.1. The Bertz CT molecular complexity index is 2710. The third kappa shape index (κ3) is 6.40. The molecule has 0 fully saturated rings. The van der Waals surface area contributed by atoms with Gasteiger partial charge < -0.3 is 20.4 Å². The molecule has 2 aromatic heterocycles. The molecule has 11 rings (SSSR count). The Balaban J connectivity index is 0.00000420. The van der Waals surface area contributed by atoms with Crippen LogP contribution in [0.15, 0.2) is 218 Å². The van der Waals surface area contributed by atoms with Crippen LogP contribution < -0.4 is 9.80 Å². The molecule has 8 nitrogen and oxygen atoms in total. The van der Waals surface area contributed by atoms with Gasteiger partial charge in [0, 0.05) is 34.9 Å². The maximum Gasteiger partial charge on any atom is 2.00 e. The minimum Gasteiger partial charge on any atom is -0.434 e. The third-order valence-electron chi connectivity index (χ3n) is 10.5. The van der Waals surface area contributed by atoms with Crippen molar-refractivity contribution in [2.24, 2.45) is 0 Å². The average Bonchev–Trinajstić information content (AvgIpc) is 4.12. The number of nitrogens with zero attached hydrogens (tertiary/aromatic N) is 8. The maximum absolute atomic E-state index is 5.53. The Kier molecular flexibility index (Phi) is 9.24. The van der Waals surface area contributed by atoms with Crippen molar-refractivity contribution >= 4 is 33.9 Å². The summed E-state index contributed by atoms with van der Waals surface area (Å²) in [5.74, 6) is 2.93. The van der Waals surface area contributed by atoms with Crippen molar-refractivity contribution in [2.75, 3.05) is 9.80 Å². The quantitative estimate of drug-likeness (QED) is 0.167. The van der Waals surface area contributed by atoms with Crippen LogP contribution >= 0.6 is 0 Å². The summed E-state index contributed by atoms with van der Waals surface area (Å²) < 4.78 is 4.32. The van der Waals surface area contributed by atoms with E-state index in [2.05, 4.69) is 189 Å². The number of anilines is 2. The van der Waals surface area contributed by atoms with Gasteiger partial charge in [-0.2, -0.15) is 0 Å². The van der Waals surface area contributed by atoms with Gasteiger partial charge in [-0.3, -0.25) is 9.13 Å². The molecule has 0 spiro atoms. The van der Waals surface area contributed by atoms with E-state index in [-0.39, 0.29) is 21.1 Å². The van der Waals surface area contributed by atoms with Crippen LogP contribution in [0, 0.1) is 0 Å². The number of aromatic nitrogens is 4. The molecule has 0 saturated carbocycles. The summed E-state index contributed by atoms with van der Waals surface area (Å²) in [6, 6.07) is 62.2. The Hall–Kier alpha value is -7.41. The minimum absolute atomic E-state index is 0. The number of hydrogen-bond acceptors (Lipinski definition) is 4. The number of benzene rings is 6. The zero-order chi connectivity index (χ0) is 38.4. The van der Waals surface area contributed by atoms with Gasteiger partial charge in [-0.15, -0.1) is 0 Å². The smallest absolute Gasteiger partial charge is 0.434 e. The molecule has 9 heteroatoms. The Labute approximate surface area is 356 Å². The van der Waals surface area contributed by atoms with Gasteiger partial charge in [0.15, 0.2) is 0 Å². The normalized spacial score (nSPS) is 14.2. The molecule has 0 N–H and O–H groups in total. The summed E-state index contributed by atoms with van der Waals surface area (Å²) in [5, 5.41) is 11.1. The summed E-state index contributed by atoms with van der Waals surface area (Å²) in [4.78, 5) is 15.4. The number of imidazole rings is 2. The Morgan fingerprint density at radius 3 is 1.00 bits per heavy atom. The van der Waals surface area contributed by atoms with Gasteiger partial charge in [-0.1, -0.05) is 170 Å². The first-order valence-corrected chi connectivity index (χ1v) is 19.2. The van der Waals surface area contributed by atoms with Gasteiger partial charge in [-0.05, 0) is 69.8 Å². The molecule has 284 valence electrons. The molecule has 5 heterocycles. The van der Waals surface area contributed by atoms with Gasteiger partial charge in [0.05, 0.1) is 11.4 Å². The van der Waals surface area contributed by atoms with E-state index in [4.69, 9.17) is 20.6 Å². The fourth-order valence-electron chi connectivity index (χ4n) is 7.79. The molecule has 0 unspecified atom stereocenters. The van der Waals surface area contributed by atoms with Crippen LogP contribution in [0.4, 0.5) is 11.4 Å². The van der Waals surface area contributed by atoms with Crippen molar-refractivity contribution in [2.45, 2.75) is 0 Å². The fraction of sp³-hybridized carbons (Fsp3) is 0. The first-order chi connectivity index (χ1) is 28.8. The zero-order valence-electron chi connectivity index (χ0n) is 31.5. The number of para-hydroxylation sites is 4. The molecule has 59 heavy (non-hydrogen) atoms. The molecule has 3 aliphatic heterocycles. The largest absolute Gasteiger partial charge is 2.00 e. The molecular formula is C50H34N8Pt. The van der Waals surface area contributed by atoms with Gasteiger partial charge >= 0.3 is 21.1 Å². The molecule has 0 saturated heterocycles. The van der Waals surface area contributed by atoms with Crippen molar-refractivity contribution in [3.8, 4) is 11.4 Å². The average molecular weight is 942 g/mol. The van der Waals surface area contributed by atoms with Crippen molar-refractivity contribution in [1.29, 1.82) is 0 Å². The van der Waals surface area contributed by atoms with Gasteiger partial charge in [0.2, 0.25) is 0 Å². The number of hydrogen-bond donors (Lipinski definition) is 0. The first kappa shape index (κ1) is 36.0. The predicted octanol–water partition coefficient (Wildman–Crippen LogP) is 11.6. The van der Waals surface area contributed by atoms with Crippen LogP contribution in [-0.4, -0.2) is 19.1 Å². The molecule has 0 aliphatic carbocycles. The molecular weight excluding hydrogens is 908 g/mol. The molecule has 8 bridgehead atoms. The van der Waals surface area contributed by atoms with E-state index in [0.717, 1.165) is 91.1 Å². The van der Waals surface area contributed by atoms with Crippen molar-refractivity contribution in [3.05, 3.63) is 263 Å². The molecule has 0 atom stereocenters. The molecule has 0 amide bonds. The first-order valence-electron chi connectivity index (χ1n) is 19.2. The van der Waals surface area contributed by atoms with Gasteiger partial charge in [-0.25, -0.2) is 9.97 Å². The van der Waals surface area contributed by atoms with Gasteiger partial charge in [0.25, 0.3) is 0 Å². The van der Waals surface area contributed by atoms with Crippen LogP contribution in [0.2, 0.25) is 0 Å². The van der Waals surface area contributed by atoms with Crippen LogP contribution in [-0.2, 0) is 21.1 Å². The standard InChI is InChI=1S/C50H34N8.Pt/c1-7-19-35(20-8-1)45-47-51-41(31-55(47)37-23-11-3-12-24-37)43-33-57(39-27-15-5-16-28-39)49(53-43)46(36-21-9-2-10-22-36)50-54-44(34-58(50)40-29-17-6-18-30-40)42-32-56(48(45)52-42)38-25-13-4-14-26-38;/h1-34H;/q-2;+2. The van der Waals surface area contributed by atoms with E-state index in [1.807, 2.05) is 36.4 Å². The van der Waals surface area contributed by atoms with Crippen LogP contribution in [0.1, 0.15) is 34.2 Å². The second kappa shape index (κ2) is 15.2. The third-order valence-corrected chi connectivity index (χ3v) is 10.5. The fourth-order valence-corrected chi connectivity index (χ4v) is 7.79. The van der Waals surface area contributed by atoms with E-state index < -0.39 is 0 Å². The summed E-state index contributed by atoms with van der Waals surface area (Å²) in [6.07, 6.45) is 8.37. The molecule has 3 aliphatic rings. The number of fused-ring (bicyclic) bond motifs is 10. The summed E-state index contributed by atoms with van der Waals surface area (Å²) in [5.41, 5.74) is 10.4. The Morgan fingerprint density at radius 1 is 0.356 bits per heavy atom. The van der Waals surface area contributed by atoms with E-state index in [1.165, 1.54) is 0 Å². The molecule has 6 aromatic carbocycles. The van der Waals surface area contributed by atoms with Crippen molar-refractivity contribution in [1.82, 2.24) is 19.1 Å². The summed E-state index contributed by atoms with van der Waals surface area (Å²) >= 11 is 0. The van der Waals surface area contributed by atoms with E-state index in [1.54, 1.807) is 0 Å². The van der Waals surface area contributed by atoms with E-state index in [0.29, 0.717) is 0 Å². The minimum atomic E-state index is 0. The number of rotatable bonds is 6. The Morgan fingerprint density at radius 2 is 0.661 bits per heavy atom. The zero-order valence-corrected chi connectivity index (χ0v) is 33.8. The summed E-state index contributed by atoms with van der Waals surface area (Å²) in [7, 11) is 0. The molecule has 8 aromatic rings. The monoisotopic (exact) mass is 941 g/mol. The predicted molar refractivity (Wildman–Crippen MR) is 233 cm³/mol. The van der Waals surface area contributed by atoms with Crippen LogP contribution in [0.25, 0.3) is 44.5 Å². The second-order valence-corrected chi connectivity index (χ2v) is 14.1. The van der Waals surface area contributed by atoms with Crippen LogP contribution in [0.3, 0.4) is 0 Å². The van der Waals surface area contributed by atoms with E-state index >= 15 is 0 Å². The SMILES string of the molecule is C1=C2[N-]C(=C(c3ccccc3)c3nc(cn3-c3ccccc3)C3=CN(c4ccccc4)C(=C(c4ccccc4)c4nc2cn4-c2ccccc2)[N-]3)N1c1ccccc1.[Pt+2]. The van der Waals surface area contributed by atoms with Crippen LogP contribution in [0.5, 0.6) is 0 Å². The molecule has 0 radical (unpaired) electrons. The maximum atomic E-state index is 5.53. The van der Waals surface area contributed by atoms with Crippen molar-refractivity contribution in [3.63, 3.8) is 0 Å². The van der Waals surface area contributed by atoms with Crippen molar-refractivity contribution < 1.29 is 21.1 Å². The van der Waals surface area contributed by atoms with E-state index in [9.17, 15) is 0 Å². The van der Waals surface area contributed by atoms with Gasteiger partial charge in [0.1, 0.15) is 11.6 Å². The topological polar surface area (TPSA) is 70.3 Å².